The third kappa shape index (κ3) is 25.0. The molecule has 0 spiro atoms. The van der Waals surface area contributed by atoms with Crippen LogP contribution in [0.25, 0.3) is 21.5 Å². The zero-order valence-electron chi connectivity index (χ0n) is 59.3. The van der Waals surface area contributed by atoms with E-state index in [4.69, 9.17) is 71.1 Å². The molecule has 1 unspecified atom stereocenters. The number of ketones is 1. The number of phosphoric ester groups is 2. The molecule has 9 N–H and O–H groups in total. The van der Waals surface area contributed by atoms with Gasteiger partial charge in [-0.25, -0.2) is 18.7 Å². The minimum atomic E-state index is -5.15. The first-order valence-electron chi connectivity index (χ1n) is 34.5. The van der Waals surface area contributed by atoms with E-state index in [0.29, 0.717) is 91.1 Å². The highest BCUT2D eigenvalue weighted by Gasteiger charge is 2.41. The highest BCUT2D eigenvalue weighted by molar-refractivity contribution is 8.00. The number of benzene rings is 5. The number of nitrogens with two attached hydrogens (primary N) is 1. The molecule has 0 saturated carbocycles. The molecule has 8 rings (SSSR count). The molecule has 3 heterocycles. The average molecular weight is 1590 g/mol. The molecular weight excluding hydrogens is 1500 g/mol. The van der Waals surface area contributed by atoms with E-state index in [-0.39, 0.29) is 148 Å². The number of nitrogens with one attached hydrogen (secondary N) is 3. The number of hydrogen-bond acceptors (Lipinski definition) is 21. The van der Waals surface area contributed by atoms with Gasteiger partial charge in [0.1, 0.15) is 31.2 Å². The number of Topliss-reactive ketones (excluding diaryl/α,β-unsaturated/α-hetero) is 1. The summed E-state index contributed by atoms with van der Waals surface area (Å²) in [5.41, 5.74) is 7.40. The van der Waals surface area contributed by atoms with Crippen LogP contribution in [0.4, 0.5) is 26.7 Å². The molecular formula is C70H90Cl2N8O24P2S. The van der Waals surface area contributed by atoms with Gasteiger partial charge in [0.15, 0.2) is 5.78 Å². The van der Waals surface area contributed by atoms with Crippen molar-refractivity contribution in [3.8, 4) is 11.5 Å². The van der Waals surface area contributed by atoms with Gasteiger partial charge in [0.2, 0.25) is 35.4 Å². The average Bonchev–Trinajstić information content (AvgIpc) is 1.63. The van der Waals surface area contributed by atoms with E-state index in [1.165, 1.54) is 62.9 Å². The molecule has 32 nitrogen and oxygen atoms in total. The van der Waals surface area contributed by atoms with Gasteiger partial charge >= 0.3 is 27.8 Å². The number of phosphoric acid groups is 2. The van der Waals surface area contributed by atoms with E-state index < -0.39 is 101 Å². The summed E-state index contributed by atoms with van der Waals surface area (Å²) in [6.45, 7) is 4.97. The maximum Gasteiger partial charge on any atom is 0.524 e. The lowest BCUT2D eigenvalue weighted by Gasteiger charge is -2.27. The number of urea groups is 1. The number of rotatable bonds is 45. The van der Waals surface area contributed by atoms with Gasteiger partial charge < -0.3 is 73.7 Å². The molecule has 9 amide bonds. The summed E-state index contributed by atoms with van der Waals surface area (Å²) in [7, 11) is -10.3. The molecule has 1 fully saturated rings. The first-order valence-corrected chi connectivity index (χ1v) is 39.9. The Balaban J connectivity index is 0.826. The number of primary amides is 1. The SMILES string of the molecule is CSC1CC(=O)N(CCOCCOCCOCCOCCOCCOCCC(=O)N[C@H](C(=O)C[C@@H](CCCNC(N)=O)C(=O)Nc2ccc(COC(=O)N(CC(=O)N3C[C@@H](CCl)c4c3cc(OP(=O)(O)O)c3ccccc43)CC(=O)N3C[C@@H](CCl)c4c3cc(OP(=O)(O)O)c3ccccc43)cc2)C(C)C)C1=O. The second kappa shape index (κ2) is 41.3. The van der Waals surface area contributed by atoms with Crippen molar-refractivity contribution in [2.45, 2.75) is 75.7 Å². The van der Waals surface area contributed by atoms with Crippen molar-refractivity contribution < 1.29 is 114 Å². The van der Waals surface area contributed by atoms with E-state index in [1.807, 2.05) is 0 Å². The Hall–Kier alpha value is -7.56. The first kappa shape index (κ1) is 85.1. The number of ether oxygens (including phenoxy) is 7. The quantitative estimate of drug-likeness (QED) is 0.00870. The van der Waals surface area contributed by atoms with Gasteiger partial charge in [0, 0.05) is 97.0 Å². The molecule has 0 bridgehead atoms. The Labute approximate surface area is 631 Å². The van der Waals surface area contributed by atoms with E-state index in [0.717, 1.165) is 4.90 Å². The number of halogens is 2. The number of amides is 9. The summed E-state index contributed by atoms with van der Waals surface area (Å²) >= 11 is 14.4. The fourth-order valence-electron chi connectivity index (χ4n) is 12.5. The third-order valence-corrected chi connectivity index (χ3v) is 20.2. The van der Waals surface area contributed by atoms with Gasteiger partial charge in [0.25, 0.3) is 0 Å². The van der Waals surface area contributed by atoms with Crippen molar-refractivity contribution in [3.63, 3.8) is 0 Å². The summed E-state index contributed by atoms with van der Waals surface area (Å²) in [4.78, 5) is 165. The van der Waals surface area contributed by atoms with Crippen molar-refractivity contribution in [2.75, 3.05) is 152 Å². The second-order valence-corrected chi connectivity index (χ2v) is 29.5. The third-order valence-electron chi connectivity index (χ3n) is 17.6. The topological polar surface area (TPSA) is 427 Å². The number of nitrogens with zero attached hydrogens (tertiary/aromatic N) is 4. The zero-order chi connectivity index (χ0) is 77.4. The molecule has 3 aliphatic rings. The van der Waals surface area contributed by atoms with Crippen LogP contribution >= 0.6 is 50.6 Å². The Kier molecular flexibility index (Phi) is 32.8. The summed E-state index contributed by atoms with van der Waals surface area (Å²) < 4.78 is 73.7. The van der Waals surface area contributed by atoms with Gasteiger partial charge in [0.05, 0.1) is 108 Å². The zero-order valence-corrected chi connectivity index (χ0v) is 63.4. The highest BCUT2D eigenvalue weighted by Crippen LogP contribution is 2.51. The second-order valence-electron chi connectivity index (χ2n) is 25.5. The summed E-state index contributed by atoms with van der Waals surface area (Å²) in [5.74, 6) is -6.20. The number of anilines is 3. The lowest BCUT2D eigenvalue weighted by Crippen LogP contribution is -2.48. The Bertz CT molecular complexity index is 3900. The number of alkyl halides is 2. The molecule has 5 aromatic carbocycles. The minimum Gasteiger partial charge on any atom is -0.445 e. The van der Waals surface area contributed by atoms with Crippen LogP contribution in [0.3, 0.4) is 0 Å². The van der Waals surface area contributed by atoms with Crippen molar-refractivity contribution in [2.24, 2.45) is 17.6 Å². The number of hydrogen-bond donors (Lipinski definition) is 8. The number of thioether (sulfide) groups is 1. The van der Waals surface area contributed by atoms with Crippen LogP contribution in [-0.2, 0) is 82.5 Å². The molecule has 0 aromatic heterocycles. The molecule has 0 aliphatic carbocycles. The van der Waals surface area contributed by atoms with Crippen molar-refractivity contribution in [1.29, 1.82) is 0 Å². The minimum absolute atomic E-state index is 0.00389. The maximum atomic E-state index is 14.8. The number of carbonyl (C=O) groups excluding carboxylic acids is 9. The Morgan fingerprint density at radius 3 is 1.57 bits per heavy atom. The molecule has 0 radical (unpaired) electrons. The number of imide groups is 1. The smallest absolute Gasteiger partial charge is 0.445 e. The highest BCUT2D eigenvalue weighted by atomic mass is 35.5. The number of fused-ring (bicyclic) bond motifs is 6. The number of likely N-dealkylation sites (tertiary alicyclic amines) is 1. The van der Waals surface area contributed by atoms with Gasteiger partial charge in [-0.2, -0.15) is 11.8 Å². The first-order chi connectivity index (χ1) is 51.2. The maximum absolute atomic E-state index is 14.8. The Morgan fingerprint density at radius 1 is 0.664 bits per heavy atom. The predicted octanol–water partition coefficient (Wildman–Crippen LogP) is 6.70. The van der Waals surface area contributed by atoms with Crippen LogP contribution in [0.15, 0.2) is 84.9 Å². The largest absolute Gasteiger partial charge is 0.524 e. The van der Waals surface area contributed by atoms with Gasteiger partial charge in [-0.05, 0) is 64.6 Å². The molecule has 37 heteroatoms. The van der Waals surface area contributed by atoms with E-state index in [9.17, 15) is 71.9 Å². The van der Waals surface area contributed by atoms with Crippen LogP contribution in [0.2, 0.25) is 0 Å². The summed E-state index contributed by atoms with van der Waals surface area (Å²) in [6.07, 6.45) is 0.876. The molecule has 5 atom stereocenters. The summed E-state index contributed by atoms with van der Waals surface area (Å²) in [6, 6.07) is 20.1. The standard InChI is InChI=1S/C70H90Cl2N8O24P2S/c1-44(2)66(76-60(82)18-21-96-23-25-98-27-29-100-31-32-101-30-28-99-26-24-97-22-20-78-61(83)36-59(107-3)68(78)87)56(81)33-46(9-8-19-74-69(73)88)67(86)75-49-16-14-45(15-17-49)43-102-70(89)77(41-62(84)79-39-47(37-71)64-52-12-6-4-10-50(52)57(34-54(64)79)103-105(90,91)92)42-63(85)80-40-48(38-72)65-53-13-7-5-11-51(53)58(35-55(65)80)104-106(93,94)95/h4-7,10-17,34-35,44,46-48,59,66H,8-9,18-33,36-43H2,1-3H3,(H,75,86)(H,76,82)(H3,73,74,88)(H2,90,91,92)(H2,93,94,95)/t46-,47-,48-,59?,66+/m1/s1. The van der Waals surface area contributed by atoms with Crippen LogP contribution in [0.1, 0.15) is 74.5 Å². The number of carbonyl (C=O) groups is 9. The molecule has 5 aromatic rings. The predicted molar refractivity (Wildman–Crippen MR) is 397 cm³/mol. The normalized spacial score (nSPS) is 16.2. The lowest BCUT2D eigenvalue weighted by molar-refractivity contribution is -0.139. The molecule has 107 heavy (non-hydrogen) atoms. The summed E-state index contributed by atoms with van der Waals surface area (Å²) in [5, 5.41) is 9.38. The van der Waals surface area contributed by atoms with Gasteiger partial charge in [-0.3, -0.25) is 62.9 Å². The fourth-order valence-corrected chi connectivity index (χ4v) is 14.5. The van der Waals surface area contributed by atoms with Crippen LogP contribution in [0, 0.1) is 11.8 Å². The molecule has 3 aliphatic heterocycles. The van der Waals surface area contributed by atoms with Crippen molar-refractivity contribution in [3.05, 3.63) is 102 Å². The monoisotopic (exact) mass is 1590 g/mol. The van der Waals surface area contributed by atoms with Gasteiger partial charge in [-0.1, -0.05) is 74.5 Å². The Morgan fingerprint density at radius 2 is 1.13 bits per heavy atom. The van der Waals surface area contributed by atoms with E-state index in [2.05, 4.69) is 16.0 Å². The van der Waals surface area contributed by atoms with Crippen LogP contribution in [-0.4, -0.2) is 231 Å². The van der Waals surface area contributed by atoms with E-state index >= 15 is 0 Å². The van der Waals surface area contributed by atoms with Crippen LogP contribution < -0.4 is 40.5 Å². The van der Waals surface area contributed by atoms with Crippen molar-refractivity contribution >= 4 is 143 Å². The molecule has 1 saturated heterocycles. The lowest BCUT2D eigenvalue weighted by atomic mass is 9.89. The van der Waals surface area contributed by atoms with Crippen LogP contribution in [0.5, 0.6) is 11.5 Å². The van der Waals surface area contributed by atoms with Gasteiger partial charge in [-0.15, -0.1) is 23.2 Å². The molecule has 584 valence electrons. The fraction of sp³-hybridized carbons (Fsp3) is 0.500. The van der Waals surface area contributed by atoms with E-state index in [1.54, 1.807) is 68.6 Å². The van der Waals surface area contributed by atoms with Crippen molar-refractivity contribution in [1.82, 2.24) is 20.4 Å².